The number of thioether (sulfide) groups is 1. The molecule has 6 nitrogen and oxygen atoms in total. The smallest absolute Gasteiger partial charge is 0.237 e. The fourth-order valence-electron chi connectivity index (χ4n) is 2.69. The van der Waals surface area contributed by atoms with Crippen molar-refractivity contribution < 1.29 is 4.52 Å². The second kappa shape index (κ2) is 7.59. The molecule has 2 heterocycles. The summed E-state index contributed by atoms with van der Waals surface area (Å²) in [5.41, 5.74) is 1.88. The highest BCUT2D eigenvalue weighted by Gasteiger charge is 2.22. The molecule has 2 aromatic carbocycles. The lowest BCUT2D eigenvalue weighted by atomic mass is 9.96. The van der Waals surface area contributed by atoms with Gasteiger partial charge >= 0.3 is 0 Å². The average Bonchev–Trinajstić information content (AvgIpc) is 3.35. The summed E-state index contributed by atoms with van der Waals surface area (Å²) in [4.78, 5) is 4.51. The van der Waals surface area contributed by atoms with Crippen LogP contribution in [-0.2, 0) is 11.2 Å². The van der Waals surface area contributed by atoms with Crippen LogP contribution in [0.25, 0.3) is 17.1 Å². The van der Waals surface area contributed by atoms with Gasteiger partial charge in [-0.15, -0.1) is 10.2 Å². The number of nitrogens with zero attached hydrogens (tertiary/aromatic N) is 5. The zero-order valence-corrected chi connectivity index (χ0v) is 16.8. The van der Waals surface area contributed by atoms with Crippen molar-refractivity contribution in [3.05, 3.63) is 72.4 Å². The van der Waals surface area contributed by atoms with Crippen LogP contribution in [0.15, 0.2) is 70.3 Å². The highest BCUT2D eigenvalue weighted by molar-refractivity contribution is 7.98. The quantitative estimate of drug-likeness (QED) is 0.450. The van der Waals surface area contributed by atoms with Crippen LogP contribution in [0, 0.1) is 0 Å². The Morgan fingerprint density at radius 1 is 0.929 bits per heavy atom. The van der Waals surface area contributed by atoms with Gasteiger partial charge in [-0.3, -0.25) is 4.57 Å². The van der Waals surface area contributed by atoms with E-state index in [2.05, 4.69) is 45.7 Å². The average molecular weight is 392 g/mol. The van der Waals surface area contributed by atoms with Gasteiger partial charge in [0.1, 0.15) is 0 Å². The van der Waals surface area contributed by atoms with E-state index in [9.17, 15) is 0 Å². The minimum atomic E-state index is -0.142. The lowest BCUT2D eigenvalue weighted by molar-refractivity contribution is 0.372. The lowest BCUT2D eigenvalue weighted by Gasteiger charge is -2.11. The minimum Gasteiger partial charge on any atom is -0.338 e. The molecule has 142 valence electrons. The largest absolute Gasteiger partial charge is 0.338 e. The molecule has 0 N–H and O–H groups in total. The van der Waals surface area contributed by atoms with Gasteiger partial charge in [-0.2, -0.15) is 4.98 Å². The maximum absolute atomic E-state index is 5.41. The standard InChI is InChI=1S/C21H21N5OS/c1-21(2,3)19-22-17(27-25-19)14-28-20-24-23-18(15-10-6-4-7-11-15)26(20)16-12-8-5-9-13-16/h4-13H,14H2,1-3H3. The third-order valence-electron chi connectivity index (χ3n) is 4.14. The number of benzene rings is 2. The number of rotatable bonds is 5. The summed E-state index contributed by atoms with van der Waals surface area (Å²) in [5, 5.41) is 13.7. The van der Waals surface area contributed by atoms with Gasteiger partial charge in [0.15, 0.2) is 16.8 Å². The molecule has 0 fully saturated rings. The Bertz CT molecular complexity index is 1050. The molecule has 7 heteroatoms. The van der Waals surface area contributed by atoms with E-state index in [0.29, 0.717) is 17.5 Å². The van der Waals surface area contributed by atoms with Crippen molar-refractivity contribution in [3.8, 4) is 17.1 Å². The molecule has 4 rings (SSSR count). The summed E-state index contributed by atoms with van der Waals surface area (Å²) >= 11 is 1.53. The molecule has 0 aliphatic rings. The van der Waals surface area contributed by atoms with Crippen LogP contribution in [0.2, 0.25) is 0 Å². The van der Waals surface area contributed by atoms with E-state index in [-0.39, 0.29) is 5.41 Å². The number of hydrogen-bond acceptors (Lipinski definition) is 6. The van der Waals surface area contributed by atoms with Crippen LogP contribution < -0.4 is 0 Å². The van der Waals surface area contributed by atoms with Gasteiger partial charge in [-0.1, -0.05) is 86.2 Å². The van der Waals surface area contributed by atoms with Crippen LogP contribution >= 0.6 is 11.8 Å². The fraction of sp³-hybridized carbons (Fsp3) is 0.238. The molecule has 0 spiro atoms. The first-order valence-electron chi connectivity index (χ1n) is 9.04. The summed E-state index contributed by atoms with van der Waals surface area (Å²) in [5.74, 6) is 2.62. The van der Waals surface area contributed by atoms with E-state index >= 15 is 0 Å². The third-order valence-corrected chi connectivity index (χ3v) is 5.06. The normalized spacial score (nSPS) is 11.7. The molecule has 0 radical (unpaired) electrons. The van der Waals surface area contributed by atoms with Crippen LogP contribution in [0.1, 0.15) is 32.5 Å². The van der Waals surface area contributed by atoms with E-state index in [1.807, 2.05) is 60.7 Å². The summed E-state index contributed by atoms with van der Waals surface area (Å²) in [6.07, 6.45) is 0. The van der Waals surface area contributed by atoms with Gasteiger partial charge in [-0.25, -0.2) is 0 Å². The molecule has 0 aliphatic heterocycles. The van der Waals surface area contributed by atoms with Gasteiger partial charge in [0.25, 0.3) is 0 Å². The van der Waals surface area contributed by atoms with Crippen LogP contribution in [-0.4, -0.2) is 24.9 Å². The van der Waals surface area contributed by atoms with Crippen molar-refractivity contribution in [3.63, 3.8) is 0 Å². The van der Waals surface area contributed by atoms with Crippen molar-refractivity contribution in [2.75, 3.05) is 0 Å². The highest BCUT2D eigenvalue weighted by atomic mass is 32.2. The second-order valence-electron chi connectivity index (χ2n) is 7.39. The molecule has 4 aromatic rings. The number of aromatic nitrogens is 5. The Labute approximate surface area is 168 Å². The van der Waals surface area contributed by atoms with E-state index in [1.165, 1.54) is 11.8 Å². The molecule has 0 bridgehead atoms. The first-order chi connectivity index (χ1) is 13.5. The Morgan fingerprint density at radius 2 is 1.61 bits per heavy atom. The predicted octanol–water partition coefficient (Wildman–Crippen LogP) is 4.91. The van der Waals surface area contributed by atoms with Gasteiger partial charge < -0.3 is 4.52 Å². The van der Waals surface area contributed by atoms with Gasteiger partial charge in [0, 0.05) is 16.7 Å². The van der Waals surface area contributed by atoms with Gasteiger partial charge in [0.05, 0.1) is 5.75 Å². The molecule has 0 amide bonds. The Balaban J connectivity index is 1.66. The van der Waals surface area contributed by atoms with Crippen molar-refractivity contribution >= 4 is 11.8 Å². The molecule has 0 saturated carbocycles. The van der Waals surface area contributed by atoms with E-state index in [1.54, 1.807) is 0 Å². The molecule has 0 saturated heterocycles. The molecule has 0 unspecified atom stereocenters. The summed E-state index contributed by atoms with van der Waals surface area (Å²) in [6.45, 7) is 6.19. The number of hydrogen-bond donors (Lipinski definition) is 0. The third kappa shape index (κ3) is 3.84. The van der Waals surface area contributed by atoms with Crippen LogP contribution in [0.5, 0.6) is 0 Å². The molecule has 0 atom stereocenters. The minimum absolute atomic E-state index is 0.142. The molecule has 0 aliphatic carbocycles. The topological polar surface area (TPSA) is 69.6 Å². The highest BCUT2D eigenvalue weighted by Crippen LogP contribution is 2.29. The maximum atomic E-state index is 5.41. The van der Waals surface area contributed by atoms with E-state index < -0.39 is 0 Å². The number of para-hydroxylation sites is 1. The lowest BCUT2D eigenvalue weighted by Crippen LogP contribution is -2.13. The van der Waals surface area contributed by atoms with Crippen LogP contribution in [0.4, 0.5) is 0 Å². The van der Waals surface area contributed by atoms with Crippen molar-refractivity contribution in [1.29, 1.82) is 0 Å². The Morgan fingerprint density at radius 3 is 2.25 bits per heavy atom. The van der Waals surface area contributed by atoms with Crippen LogP contribution in [0.3, 0.4) is 0 Å². The zero-order chi connectivity index (χ0) is 19.6. The van der Waals surface area contributed by atoms with E-state index in [0.717, 1.165) is 22.2 Å². The Kier molecular flexibility index (Phi) is 5.00. The summed E-state index contributed by atoms with van der Waals surface area (Å²) < 4.78 is 7.47. The first kappa shape index (κ1) is 18.4. The van der Waals surface area contributed by atoms with E-state index in [4.69, 9.17) is 4.52 Å². The van der Waals surface area contributed by atoms with Crippen molar-refractivity contribution in [2.45, 2.75) is 37.1 Å². The van der Waals surface area contributed by atoms with Gasteiger partial charge in [0.2, 0.25) is 5.89 Å². The molecular formula is C21H21N5OS. The maximum Gasteiger partial charge on any atom is 0.237 e. The first-order valence-corrected chi connectivity index (χ1v) is 10.0. The zero-order valence-electron chi connectivity index (χ0n) is 16.0. The summed E-state index contributed by atoms with van der Waals surface area (Å²) in [7, 11) is 0. The molecular weight excluding hydrogens is 370 g/mol. The monoisotopic (exact) mass is 391 g/mol. The second-order valence-corrected chi connectivity index (χ2v) is 8.34. The Hall–Kier alpha value is -2.93. The molecule has 28 heavy (non-hydrogen) atoms. The van der Waals surface area contributed by atoms with Gasteiger partial charge in [-0.05, 0) is 12.1 Å². The van der Waals surface area contributed by atoms with Crippen molar-refractivity contribution in [2.24, 2.45) is 0 Å². The van der Waals surface area contributed by atoms with Crippen molar-refractivity contribution in [1.82, 2.24) is 24.9 Å². The SMILES string of the molecule is CC(C)(C)c1noc(CSc2nnc(-c3ccccc3)n2-c2ccccc2)n1. The molecule has 2 aromatic heterocycles. The predicted molar refractivity (Wildman–Crippen MR) is 109 cm³/mol. The summed E-state index contributed by atoms with van der Waals surface area (Å²) in [6, 6.07) is 20.2. The fourth-order valence-corrected chi connectivity index (χ4v) is 3.48.